The molecule has 0 radical (unpaired) electrons. The molecule has 25 heavy (non-hydrogen) atoms. The first-order chi connectivity index (χ1) is 12.1. The van der Waals surface area contributed by atoms with Gasteiger partial charge in [0.25, 0.3) is 0 Å². The van der Waals surface area contributed by atoms with Crippen LogP contribution in [0.2, 0.25) is 0 Å². The maximum absolute atomic E-state index is 6.77. The van der Waals surface area contributed by atoms with Crippen LogP contribution in [-0.4, -0.2) is 10.6 Å². The van der Waals surface area contributed by atoms with Gasteiger partial charge in [-0.2, -0.15) is 0 Å². The molecular formula is C23H37NO. The molecule has 0 bridgehead atoms. The number of hydrogen-bond donors (Lipinski definition) is 0. The van der Waals surface area contributed by atoms with Crippen molar-refractivity contribution in [1.82, 2.24) is 4.98 Å². The average Bonchev–Trinajstić information content (AvgIpc) is 2.64. The first kappa shape index (κ1) is 18.7. The summed E-state index contributed by atoms with van der Waals surface area (Å²) >= 11 is 0. The molecule has 0 saturated heterocycles. The van der Waals surface area contributed by atoms with E-state index in [1.165, 1.54) is 82.6 Å². The molecule has 1 aromatic heterocycles. The van der Waals surface area contributed by atoms with Gasteiger partial charge in [-0.25, -0.2) is 0 Å². The standard InChI is InChI=1S/C23H37NO/c1-4-5-9-20-10-12-21(13-11-20)23(14-7-6-8-15-23)25-22-16-18(2)19(3)24-17-22/h16-17,20-21H,4-15H2,1-3H3. The molecule has 140 valence electrons. The number of nitrogens with zero attached hydrogens (tertiary/aromatic N) is 1. The Morgan fingerprint density at radius 2 is 1.80 bits per heavy atom. The summed E-state index contributed by atoms with van der Waals surface area (Å²) < 4.78 is 6.77. The van der Waals surface area contributed by atoms with Crippen LogP contribution in [0.15, 0.2) is 12.3 Å². The van der Waals surface area contributed by atoms with Gasteiger partial charge in [0.15, 0.2) is 0 Å². The molecule has 0 aliphatic heterocycles. The van der Waals surface area contributed by atoms with Crippen LogP contribution in [-0.2, 0) is 0 Å². The van der Waals surface area contributed by atoms with E-state index in [4.69, 9.17) is 4.74 Å². The van der Waals surface area contributed by atoms with Gasteiger partial charge in [0.05, 0.1) is 6.20 Å². The zero-order valence-corrected chi connectivity index (χ0v) is 16.7. The van der Waals surface area contributed by atoms with E-state index in [-0.39, 0.29) is 5.60 Å². The summed E-state index contributed by atoms with van der Waals surface area (Å²) in [5, 5.41) is 0. The Balaban J connectivity index is 1.69. The molecule has 1 heterocycles. The fraction of sp³-hybridized carbons (Fsp3) is 0.783. The minimum Gasteiger partial charge on any atom is -0.485 e. The molecule has 3 rings (SSSR count). The minimum absolute atomic E-state index is 0.0807. The van der Waals surface area contributed by atoms with E-state index in [0.29, 0.717) is 0 Å². The highest BCUT2D eigenvalue weighted by molar-refractivity contribution is 5.28. The third kappa shape index (κ3) is 4.57. The summed E-state index contributed by atoms with van der Waals surface area (Å²) in [7, 11) is 0. The lowest BCUT2D eigenvalue weighted by Gasteiger charge is -2.46. The average molecular weight is 344 g/mol. The van der Waals surface area contributed by atoms with Crippen LogP contribution >= 0.6 is 0 Å². The normalized spacial score (nSPS) is 26.4. The van der Waals surface area contributed by atoms with Crippen molar-refractivity contribution in [2.24, 2.45) is 11.8 Å². The smallest absolute Gasteiger partial charge is 0.138 e. The number of ether oxygens (including phenoxy) is 1. The van der Waals surface area contributed by atoms with Crippen molar-refractivity contribution in [2.75, 3.05) is 0 Å². The second kappa shape index (κ2) is 8.56. The van der Waals surface area contributed by atoms with Gasteiger partial charge in [0.2, 0.25) is 0 Å². The van der Waals surface area contributed by atoms with Crippen LogP contribution in [0.25, 0.3) is 0 Å². The van der Waals surface area contributed by atoms with Crippen molar-refractivity contribution in [3.63, 3.8) is 0 Å². The first-order valence-electron chi connectivity index (χ1n) is 10.8. The zero-order valence-electron chi connectivity index (χ0n) is 16.7. The summed E-state index contributed by atoms with van der Waals surface area (Å²) in [5.41, 5.74) is 2.44. The van der Waals surface area contributed by atoms with E-state index < -0.39 is 0 Å². The highest BCUT2D eigenvalue weighted by atomic mass is 16.5. The van der Waals surface area contributed by atoms with Crippen molar-refractivity contribution < 1.29 is 4.74 Å². The molecule has 2 heteroatoms. The third-order valence-corrected chi connectivity index (χ3v) is 6.89. The molecular weight excluding hydrogens is 306 g/mol. The number of aryl methyl sites for hydroxylation is 2. The maximum Gasteiger partial charge on any atom is 0.138 e. The van der Waals surface area contributed by atoms with Crippen LogP contribution in [0.5, 0.6) is 5.75 Å². The van der Waals surface area contributed by atoms with Gasteiger partial charge in [-0.1, -0.05) is 45.4 Å². The Morgan fingerprint density at radius 3 is 2.44 bits per heavy atom. The molecule has 1 aromatic rings. The Kier molecular flexibility index (Phi) is 6.41. The van der Waals surface area contributed by atoms with Crippen LogP contribution in [0, 0.1) is 25.7 Å². The summed E-state index contributed by atoms with van der Waals surface area (Å²) in [4.78, 5) is 4.54. The van der Waals surface area contributed by atoms with Gasteiger partial charge in [-0.05, 0) is 75.8 Å². The Labute approximate surface area is 154 Å². The fourth-order valence-corrected chi connectivity index (χ4v) is 5.12. The van der Waals surface area contributed by atoms with Crippen molar-refractivity contribution >= 4 is 0 Å². The Hall–Kier alpha value is -1.05. The SMILES string of the molecule is CCCCC1CCC(C2(Oc3cnc(C)c(C)c3)CCCCC2)CC1. The van der Waals surface area contributed by atoms with E-state index >= 15 is 0 Å². The van der Waals surface area contributed by atoms with Crippen LogP contribution < -0.4 is 4.74 Å². The van der Waals surface area contributed by atoms with E-state index in [9.17, 15) is 0 Å². The second-order valence-electron chi connectivity index (χ2n) is 8.66. The van der Waals surface area contributed by atoms with Crippen LogP contribution in [0.1, 0.15) is 95.2 Å². The summed E-state index contributed by atoms with van der Waals surface area (Å²) in [6, 6.07) is 2.20. The maximum atomic E-state index is 6.77. The second-order valence-corrected chi connectivity index (χ2v) is 8.66. The van der Waals surface area contributed by atoms with Gasteiger partial charge in [-0.3, -0.25) is 4.98 Å². The molecule has 0 atom stereocenters. The highest BCUT2D eigenvalue weighted by Gasteiger charge is 2.43. The summed E-state index contributed by atoms with van der Waals surface area (Å²) in [6.45, 7) is 6.53. The Morgan fingerprint density at radius 1 is 1.08 bits per heavy atom. The van der Waals surface area contributed by atoms with Crippen molar-refractivity contribution in [3.8, 4) is 5.75 Å². The van der Waals surface area contributed by atoms with E-state index in [1.807, 2.05) is 6.20 Å². The predicted octanol–water partition coefficient (Wildman–Crippen LogP) is 6.78. The molecule has 2 nitrogen and oxygen atoms in total. The Bertz CT molecular complexity index is 539. The van der Waals surface area contributed by atoms with Gasteiger partial charge < -0.3 is 4.74 Å². The summed E-state index contributed by atoms with van der Waals surface area (Å²) in [5.74, 6) is 2.71. The lowest BCUT2D eigenvalue weighted by Crippen LogP contribution is -2.47. The van der Waals surface area contributed by atoms with Gasteiger partial charge in [-0.15, -0.1) is 0 Å². The van der Waals surface area contributed by atoms with E-state index in [0.717, 1.165) is 23.3 Å². The predicted molar refractivity (Wildman–Crippen MR) is 105 cm³/mol. The molecule has 2 aliphatic rings. The van der Waals surface area contributed by atoms with E-state index in [2.05, 4.69) is 31.8 Å². The molecule has 2 aliphatic carbocycles. The number of hydrogen-bond acceptors (Lipinski definition) is 2. The van der Waals surface area contributed by atoms with Crippen molar-refractivity contribution in [2.45, 2.75) is 103 Å². The summed E-state index contributed by atoms with van der Waals surface area (Å²) in [6.07, 6.45) is 18.2. The fourth-order valence-electron chi connectivity index (χ4n) is 5.12. The van der Waals surface area contributed by atoms with Gasteiger partial charge >= 0.3 is 0 Å². The first-order valence-corrected chi connectivity index (χ1v) is 10.8. The highest BCUT2D eigenvalue weighted by Crippen LogP contribution is 2.46. The van der Waals surface area contributed by atoms with Gasteiger partial charge in [0, 0.05) is 5.69 Å². The lowest BCUT2D eigenvalue weighted by molar-refractivity contribution is -0.0437. The molecule has 0 spiro atoms. The molecule has 2 fully saturated rings. The van der Waals surface area contributed by atoms with Crippen LogP contribution in [0.3, 0.4) is 0 Å². The molecule has 0 amide bonds. The van der Waals surface area contributed by atoms with Gasteiger partial charge in [0.1, 0.15) is 11.4 Å². The molecule has 0 unspecified atom stereocenters. The van der Waals surface area contributed by atoms with Crippen molar-refractivity contribution in [3.05, 3.63) is 23.5 Å². The number of pyridine rings is 1. The zero-order chi connectivity index (χ0) is 17.7. The third-order valence-electron chi connectivity index (χ3n) is 6.89. The molecule has 0 aromatic carbocycles. The molecule has 0 N–H and O–H groups in total. The number of aromatic nitrogens is 1. The van der Waals surface area contributed by atoms with Crippen molar-refractivity contribution in [1.29, 1.82) is 0 Å². The lowest BCUT2D eigenvalue weighted by atomic mass is 9.67. The monoisotopic (exact) mass is 343 g/mol. The van der Waals surface area contributed by atoms with E-state index in [1.54, 1.807) is 0 Å². The van der Waals surface area contributed by atoms with Crippen LogP contribution in [0.4, 0.5) is 0 Å². The largest absolute Gasteiger partial charge is 0.485 e. The number of unbranched alkanes of at least 4 members (excludes halogenated alkanes) is 1. The number of rotatable bonds is 6. The minimum atomic E-state index is 0.0807. The quantitative estimate of drug-likeness (QED) is 0.568. The molecule has 2 saturated carbocycles. The topological polar surface area (TPSA) is 22.1 Å².